The number of anilines is 1. The summed E-state index contributed by atoms with van der Waals surface area (Å²) in [5.74, 6) is 0.0241. The maximum atomic E-state index is 13.1. The van der Waals surface area contributed by atoms with Crippen LogP contribution < -0.4 is 10.0 Å². The normalized spacial score (nSPS) is 12.9. The van der Waals surface area contributed by atoms with Gasteiger partial charge in [0, 0.05) is 17.6 Å². The van der Waals surface area contributed by atoms with Gasteiger partial charge in [-0.3, -0.25) is 9.20 Å². The second kappa shape index (κ2) is 10.6. The summed E-state index contributed by atoms with van der Waals surface area (Å²) >= 11 is 1.37. The minimum Gasteiger partial charge on any atom is -0.325 e. The summed E-state index contributed by atoms with van der Waals surface area (Å²) < 4.78 is 29.5. The van der Waals surface area contributed by atoms with E-state index in [1.165, 1.54) is 23.9 Å². The molecule has 0 bridgehead atoms. The van der Waals surface area contributed by atoms with Crippen LogP contribution in [0.5, 0.6) is 0 Å². The highest BCUT2D eigenvalue weighted by molar-refractivity contribution is 8.00. The van der Waals surface area contributed by atoms with Crippen LogP contribution in [0.2, 0.25) is 0 Å². The van der Waals surface area contributed by atoms with Gasteiger partial charge in [-0.1, -0.05) is 50.7 Å². The number of rotatable bonds is 9. The highest BCUT2D eigenvalue weighted by atomic mass is 32.2. The van der Waals surface area contributed by atoms with Crippen LogP contribution in [0.4, 0.5) is 5.69 Å². The summed E-state index contributed by atoms with van der Waals surface area (Å²) in [6, 6.07) is 14.4. The van der Waals surface area contributed by atoms with E-state index < -0.39 is 15.3 Å². The number of aromatic nitrogens is 3. The fraction of sp³-hybridized carbons (Fsp3) is 0.346. The van der Waals surface area contributed by atoms with E-state index >= 15 is 0 Å². The van der Waals surface area contributed by atoms with Crippen molar-refractivity contribution < 1.29 is 13.2 Å². The van der Waals surface area contributed by atoms with Crippen molar-refractivity contribution in [3.05, 3.63) is 59.7 Å². The second-order valence-corrected chi connectivity index (χ2v) is 12.2. The lowest BCUT2D eigenvalue weighted by molar-refractivity contribution is -0.115. The van der Waals surface area contributed by atoms with Crippen LogP contribution in [0.1, 0.15) is 38.3 Å². The molecule has 0 aliphatic carbocycles. The van der Waals surface area contributed by atoms with Gasteiger partial charge in [0.1, 0.15) is 0 Å². The number of thioether (sulfide) groups is 1. The van der Waals surface area contributed by atoms with Crippen LogP contribution in [0.15, 0.2) is 58.6 Å². The Morgan fingerprint density at radius 3 is 2.44 bits per heavy atom. The molecule has 4 aromatic rings. The van der Waals surface area contributed by atoms with Crippen molar-refractivity contribution >= 4 is 49.9 Å². The predicted octanol–water partition coefficient (Wildman–Crippen LogP) is 4.94. The zero-order valence-electron chi connectivity index (χ0n) is 21.1. The van der Waals surface area contributed by atoms with Crippen molar-refractivity contribution in [3.8, 4) is 0 Å². The highest BCUT2D eigenvalue weighted by Crippen LogP contribution is 2.31. The summed E-state index contributed by atoms with van der Waals surface area (Å²) in [6.07, 6.45) is 0.583. The molecule has 2 aromatic carbocycles. The van der Waals surface area contributed by atoms with Crippen LogP contribution in [-0.4, -0.2) is 40.7 Å². The number of fused-ring (bicyclic) bond motifs is 3. The number of nitrogens with zero attached hydrogens (tertiary/aromatic N) is 3. The third-order valence-corrected chi connectivity index (χ3v) is 8.66. The lowest BCUT2D eigenvalue weighted by atomic mass is 10.1. The van der Waals surface area contributed by atoms with Gasteiger partial charge in [-0.25, -0.2) is 13.1 Å². The number of amides is 1. The first-order valence-electron chi connectivity index (χ1n) is 11.9. The van der Waals surface area contributed by atoms with Crippen LogP contribution in [0.25, 0.3) is 16.6 Å². The van der Waals surface area contributed by atoms with Gasteiger partial charge in [-0.2, -0.15) is 0 Å². The van der Waals surface area contributed by atoms with Crippen molar-refractivity contribution in [1.82, 2.24) is 19.3 Å². The molecule has 190 valence electrons. The molecule has 2 heterocycles. The third-order valence-electron chi connectivity index (χ3n) is 5.91. The fourth-order valence-corrected chi connectivity index (χ4v) is 6.14. The van der Waals surface area contributed by atoms with Gasteiger partial charge in [-0.15, -0.1) is 10.2 Å². The van der Waals surface area contributed by atoms with E-state index in [0.717, 1.165) is 27.7 Å². The molecular formula is C26H31N5O3S2. The molecule has 0 fully saturated rings. The Morgan fingerprint density at radius 2 is 1.78 bits per heavy atom. The maximum Gasteiger partial charge on any atom is 0.240 e. The molecule has 1 atom stereocenters. The fourth-order valence-electron chi connectivity index (χ4n) is 3.96. The minimum absolute atomic E-state index is 0.162. The summed E-state index contributed by atoms with van der Waals surface area (Å²) in [4.78, 5) is 13.3. The number of benzene rings is 2. The Morgan fingerprint density at radius 1 is 1.06 bits per heavy atom. The molecule has 0 spiro atoms. The molecule has 2 aromatic heterocycles. The quantitative estimate of drug-likeness (QED) is 0.300. The van der Waals surface area contributed by atoms with Gasteiger partial charge in [0.25, 0.3) is 0 Å². The summed E-state index contributed by atoms with van der Waals surface area (Å²) in [5.41, 5.74) is 4.55. The molecule has 0 aliphatic rings. The van der Waals surface area contributed by atoms with Crippen molar-refractivity contribution in [2.24, 2.45) is 5.92 Å². The smallest absolute Gasteiger partial charge is 0.240 e. The van der Waals surface area contributed by atoms with Crippen LogP contribution in [0, 0.1) is 19.8 Å². The predicted molar refractivity (Wildman–Crippen MR) is 145 cm³/mol. The number of carbonyl (C=O) groups is 1. The monoisotopic (exact) mass is 525 g/mol. The van der Waals surface area contributed by atoms with Crippen LogP contribution >= 0.6 is 11.8 Å². The number of hydrogen-bond donors (Lipinski definition) is 2. The number of hydrogen-bond acceptors (Lipinski definition) is 6. The first-order chi connectivity index (χ1) is 17.1. The van der Waals surface area contributed by atoms with Crippen LogP contribution in [0.3, 0.4) is 0 Å². The van der Waals surface area contributed by atoms with Crippen molar-refractivity contribution in [2.45, 2.75) is 56.3 Å². The molecule has 1 amide bonds. The van der Waals surface area contributed by atoms with E-state index in [0.29, 0.717) is 23.8 Å². The molecule has 4 rings (SSSR count). The molecule has 0 saturated heterocycles. The Bertz CT molecular complexity index is 1510. The number of nitrogens with one attached hydrogen (secondary N) is 2. The first-order valence-corrected chi connectivity index (χ1v) is 14.3. The van der Waals surface area contributed by atoms with Gasteiger partial charge in [0.15, 0.2) is 10.8 Å². The Balaban J connectivity index is 1.54. The summed E-state index contributed by atoms with van der Waals surface area (Å²) in [7, 11) is -3.59. The number of aryl methyl sites for hydroxylation is 2. The number of pyridine rings is 1. The zero-order chi connectivity index (χ0) is 26.0. The molecule has 2 N–H and O–H groups in total. The highest BCUT2D eigenvalue weighted by Gasteiger charge is 2.23. The molecule has 1 unspecified atom stereocenters. The first kappa shape index (κ1) is 26.1. The maximum absolute atomic E-state index is 13.1. The SMILES string of the molecule is CCC(Sc1nnc2cc(C)c3cccc(C)c3n12)C(=O)Nc1ccc(S(=O)(=O)NCC(C)C)cc1. The average molecular weight is 526 g/mol. The number of para-hydroxylation sites is 1. The third kappa shape index (κ3) is 5.40. The zero-order valence-corrected chi connectivity index (χ0v) is 22.7. The van der Waals surface area contributed by atoms with E-state index in [9.17, 15) is 13.2 Å². The molecule has 10 heteroatoms. The molecule has 36 heavy (non-hydrogen) atoms. The van der Waals surface area contributed by atoms with Gasteiger partial charge < -0.3 is 5.32 Å². The van der Waals surface area contributed by atoms with E-state index in [4.69, 9.17) is 0 Å². The topological polar surface area (TPSA) is 105 Å². The molecular weight excluding hydrogens is 494 g/mol. The standard InChI is InChI=1S/C26H31N5O3S2/c1-6-22(25(32)28-19-10-12-20(13-11-19)36(33,34)27-15-16(2)3)35-26-30-29-23-14-18(5)21-9-7-8-17(4)24(21)31(23)26/h7-14,16,22,27H,6,15H2,1-5H3,(H,28,32). The Labute approximate surface area is 215 Å². The van der Waals surface area contributed by atoms with E-state index in [2.05, 4.69) is 46.2 Å². The molecule has 0 radical (unpaired) electrons. The average Bonchev–Trinajstić information content (AvgIpc) is 3.24. The van der Waals surface area contributed by atoms with Crippen molar-refractivity contribution in [1.29, 1.82) is 0 Å². The molecule has 0 aliphatic heterocycles. The van der Waals surface area contributed by atoms with Crippen molar-refractivity contribution in [2.75, 3.05) is 11.9 Å². The van der Waals surface area contributed by atoms with E-state index in [-0.39, 0.29) is 16.7 Å². The molecule has 0 saturated carbocycles. The largest absolute Gasteiger partial charge is 0.325 e. The van der Waals surface area contributed by atoms with Gasteiger partial charge in [0.2, 0.25) is 15.9 Å². The lowest BCUT2D eigenvalue weighted by Crippen LogP contribution is -2.27. The lowest BCUT2D eigenvalue weighted by Gasteiger charge is -2.15. The van der Waals surface area contributed by atoms with Crippen LogP contribution in [-0.2, 0) is 14.8 Å². The second-order valence-electron chi connectivity index (χ2n) is 9.25. The summed E-state index contributed by atoms with van der Waals surface area (Å²) in [6.45, 7) is 10.3. The Kier molecular flexibility index (Phi) is 7.67. The van der Waals surface area contributed by atoms with Gasteiger partial charge in [0.05, 0.1) is 15.7 Å². The summed E-state index contributed by atoms with van der Waals surface area (Å²) in [5, 5.41) is 13.0. The molecule has 8 nitrogen and oxygen atoms in total. The number of carbonyl (C=O) groups excluding carboxylic acids is 1. The number of sulfonamides is 1. The Hall–Kier alpha value is -2.95. The van der Waals surface area contributed by atoms with Gasteiger partial charge in [-0.05, 0) is 67.6 Å². The van der Waals surface area contributed by atoms with Crippen molar-refractivity contribution in [3.63, 3.8) is 0 Å². The van der Waals surface area contributed by atoms with E-state index in [1.54, 1.807) is 12.1 Å². The minimum atomic E-state index is -3.59. The van der Waals surface area contributed by atoms with E-state index in [1.807, 2.05) is 37.3 Å². The van der Waals surface area contributed by atoms with Gasteiger partial charge >= 0.3 is 0 Å².